The molecule has 1 aliphatic rings. The largest absolute Gasteiger partial charge is 0.491 e. The lowest BCUT2D eigenvalue weighted by Gasteiger charge is -2.28. The molecule has 5 rings (SSSR count). The molecule has 0 radical (unpaired) electrons. The Morgan fingerprint density at radius 3 is 2.49 bits per heavy atom. The van der Waals surface area contributed by atoms with Crippen LogP contribution in [0.4, 0.5) is 0 Å². The molecule has 182 valence electrons. The quantitative estimate of drug-likeness (QED) is 0.403. The minimum atomic E-state index is -2.95. The first kappa shape index (κ1) is 23.3. The summed E-state index contributed by atoms with van der Waals surface area (Å²) in [6.45, 7) is 1.32. The van der Waals surface area contributed by atoms with Crippen LogP contribution in [0, 0.1) is 0 Å². The number of ether oxygens (including phenoxy) is 1. The second-order valence-corrected chi connectivity index (χ2v) is 10.9. The summed E-state index contributed by atoms with van der Waals surface area (Å²) in [6, 6.07) is 17.0. The molecule has 0 aliphatic carbocycles. The predicted molar refractivity (Wildman–Crippen MR) is 134 cm³/mol. The maximum absolute atomic E-state index is 12.7. The zero-order valence-electron chi connectivity index (χ0n) is 19.0. The Bertz CT molecular complexity index is 1470. The number of aromatic amines is 1. The number of para-hydroxylation sites is 1. The SMILES string of the molecule is O=c1[nH]cnc2c1c(-c1ccc(OCC(O)CN3CCS(=O)(=O)CC3)cc1)cn2-c1ccccc1. The van der Waals surface area contributed by atoms with E-state index in [1.165, 1.54) is 6.33 Å². The van der Waals surface area contributed by atoms with Crippen molar-refractivity contribution in [3.63, 3.8) is 0 Å². The Balaban J connectivity index is 1.30. The molecule has 2 N–H and O–H groups in total. The molecule has 0 amide bonds. The molecule has 35 heavy (non-hydrogen) atoms. The van der Waals surface area contributed by atoms with Gasteiger partial charge in [-0.1, -0.05) is 30.3 Å². The van der Waals surface area contributed by atoms with Gasteiger partial charge in [-0.25, -0.2) is 13.4 Å². The highest BCUT2D eigenvalue weighted by molar-refractivity contribution is 7.91. The third-order valence-corrected chi connectivity index (χ3v) is 7.75. The number of hydrogen-bond donors (Lipinski definition) is 2. The number of aromatic nitrogens is 3. The smallest absolute Gasteiger partial charge is 0.260 e. The molecule has 2 aromatic carbocycles. The van der Waals surface area contributed by atoms with Gasteiger partial charge in [0.2, 0.25) is 0 Å². The van der Waals surface area contributed by atoms with Gasteiger partial charge in [-0.3, -0.25) is 9.69 Å². The van der Waals surface area contributed by atoms with Crippen LogP contribution in [0.25, 0.3) is 27.8 Å². The Kier molecular flexibility index (Phi) is 6.42. The van der Waals surface area contributed by atoms with Gasteiger partial charge in [0.25, 0.3) is 5.56 Å². The molecule has 3 heterocycles. The van der Waals surface area contributed by atoms with E-state index in [-0.39, 0.29) is 23.7 Å². The number of nitrogens with one attached hydrogen (secondary N) is 1. The van der Waals surface area contributed by atoms with Crippen molar-refractivity contribution in [3.8, 4) is 22.6 Å². The van der Waals surface area contributed by atoms with Crippen LogP contribution in [-0.4, -0.2) is 76.8 Å². The van der Waals surface area contributed by atoms with Crippen LogP contribution in [0.5, 0.6) is 5.75 Å². The summed E-state index contributed by atoms with van der Waals surface area (Å²) in [6.07, 6.45) is 2.57. The van der Waals surface area contributed by atoms with Gasteiger partial charge >= 0.3 is 0 Å². The van der Waals surface area contributed by atoms with Gasteiger partial charge in [-0.05, 0) is 29.8 Å². The lowest BCUT2D eigenvalue weighted by molar-refractivity contribution is 0.0710. The van der Waals surface area contributed by atoms with Gasteiger partial charge in [-0.15, -0.1) is 0 Å². The first-order chi connectivity index (χ1) is 16.9. The number of rotatable bonds is 7. The fraction of sp³-hybridized carbons (Fsp3) is 0.280. The van der Waals surface area contributed by atoms with Gasteiger partial charge in [0, 0.05) is 37.1 Å². The van der Waals surface area contributed by atoms with Crippen molar-refractivity contribution < 1.29 is 18.3 Å². The Morgan fingerprint density at radius 2 is 1.77 bits per heavy atom. The minimum Gasteiger partial charge on any atom is -0.491 e. The average Bonchev–Trinajstić information content (AvgIpc) is 3.26. The molecular formula is C25H26N4O5S. The van der Waals surface area contributed by atoms with Gasteiger partial charge in [0.15, 0.2) is 15.5 Å². The molecule has 1 aliphatic heterocycles. The summed E-state index contributed by atoms with van der Waals surface area (Å²) in [4.78, 5) is 21.7. The number of nitrogens with zero attached hydrogens (tertiary/aromatic N) is 3. The molecule has 9 nitrogen and oxygen atoms in total. The van der Waals surface area contributed by atoms with E-state index in [1.807, 2.05) is 58.1 Å². The molecule has 0 saturated carbocycles. The Hall–Kier alpha value is -3.47. The molecule has 4 aromatic rings. The normalized spacial score (nSPS) is 16.8. The molecule has 1 atom stereocenters. The number of aliphatic hydroxyl groups is 1. The van der Waals surface area contributed by atoms with E-state index in [4.69, 9.17) is 4.74 Å². The summed E-state index contributed by atoms with van der Waals surface area (Å²) in [5, 5.41) is 10.8. The highest BCUT2D eigenvalue weighted by Gasteiger charge is 2.23. The van der Waals surface area contributed by atoms with Crippen LogP contribution in [-0.2, 0) is 9.84 Å². The lowest BCUT2D eigenvalue weighted by Crippen LogP contribution is -2.44. The first-order valence-corrected chi connectivity index (χ1v) is 13.2. The number of benzene rings is 2. The van der Waals surface area contributed by atoms with E-state index in [0.717, 1.165) is 16.8 Å². The monoisotopic (exact) mass is 494 g/mol. The fourth-order valence-corrected chi connectivity index (χ4v) is 5.56. The Labute approximate surface area is 202 Å². The van der Waals surface area contributed by atoms with Gasteiger partial charge < -0.3 is 19.4 Å². The van der Waals surface area contributed by atoms with Crippen LogP contribution in [0.1, 0.15) is 0 Å². The number of hydrogen-bond acceptors (Lipinski definition) is 7. The van der Waals surface area contributed by atoms with Crippen molar-refractivity contribution in [1.82, 2.24) is 19.4 Å². The highest BCUT2D eigenvalue weighted by atomic mass is 32.2. The lowest BCUT2D eigenvalue weighted by atomic mass is 10.1. The van der Waals surface area contributed by atoms with E-state index in [1.54, 1.807) is 12.1 Å². The topological polar surface area (TPSA) is 118 Å². The second-order valence-electron chi connectivity index (χ2n) is 8.62. The molecule has 0 bridgehead atoms. The van der Waals surface area contributed by atoms with Gasteiger partial charge in [-0.2, -0.15) is 0 Å². The third kappa shape index (κ3) is 5.14. The standard InChI is InChI=1S/C25H26N4O5S/c30-20(14-28-10-12-35(32,33)13-11-28)16-34-21-8-6-18(7-9-21)22-15-29(19-4-2-1-3-5-19)24-23(22)25(31)27-17-26-24/h1-9,15,17,20,30H,10-14,16H2,(H,26,27,31). The van der Waals surface area contributed by atoms with Crippen LogP contribution in [0.3, 0.4) is 0 Å². The van der Waals surface area contributed by atoms with E-state index >= 15 is 0 Å². The molecule has 1 unspecified atom stereocenters. The van der Waals surface area contributed by atoms with Crippen molar-refractivity contribution in [2.45, 2.75) is 6.10 Å². The minimum absolute atomic E-state index is 0.0967. The van der Waals surface area contributed by atoms with E-state index in [9.17, 15) is 18.3 Å². The first-order valence-electron chi connectivity index (χ1n) is 11.4. The zero-order chi connectivity index (χ0) is 24.4. The fourth-order valence-electron chi connectivity index (χ4n) is 4.28. The molecule has 1 fully saturated rings. The van der Waals surface area contributed by atoms with Crippen LogP contribution >= 0.6 is 0 Å². The average molecular weight is 495 g/mol. The van der Waals surface area contributed by atoms with Crippen LogP contribution in [0.15, 0.2) is 71.9 Å². The van der Waals surface area contributed by atoms with Crippen molar-refractivity contribution in [2.24, 2.45) is 0 Å². The second kappa shape index (κ2) is 9.65. The van der Waals surface area contributed by atoms with Crippen molar-refractivity contribution in [2.75, 3.05) is 37.7 Å². The maximum Gasteiger partial charge on any atom is 0.260 e. The summed E-state index contributed by atoms with van der Waals surface area (Å²) >= 11 is 0. The van der Waals surface area contributed by atoms with E-state index in [0.29, 0.717) is 36.4 Å². The van der Waals surface area contributed by atoms with Crippen LogP contribution in [0.2, 0.25) is 0 Å². The van der Waals surface area contributed by atoms with Crippen molar-refractivity contribution >= 4 is 20.9 Å². The number of β-amino-alcohol motifs (C(OH)–C–C–N with tert-alkyl or cyclic N) is 1. The summed E-state index contributed by atoms with van der Waals surface area (Å²) < 4.78 is 30.7. The molecule has 2 aromatic heterocycles. The van der Waals surface area contributed by atoms with Crippen LogP contribution < -0.4 is 10.3 Å². The predicted octanol–water partition coefficient (Wildman–Crippen LogP) is 1.85. The van der Waals surface area contributed by atoms with Gasteiger partial charge in [0.05, 0.1) is 23.2 Å². The van der Waals surface area contributed by atoms with Crippen molar-refractivity contribution in [3.05, 3.63) is 77.5 Å². The number of fused-ring (bicyclic) bond motifs is 1. The molecular weight excluding hydrogens is 468 g/mol. The summed E-state index contributed by atoms with van der Waals surface area (Å²) in [5.41, 5.74) is 2.86. The maximum atomic E-state index is 12.7. The Morgan fingerprint density at radius 1 is 1.06 bits per heavy atom. The van der Waals surface area contributed by atoms with Gasteiger partial charge in [0.1, 0.15) is 18.5 Å². The van der Waals surface area contributed by atoms with Crippen molar-refractivity contribution in [1.29, 1.82) is 0 Å². The molecule has 0 spiro atoms. The molecule has 1 saturated heterocycles. The van der Waals surface area contributed by atoms with E-state index in [2.05, 4.69) is 9.97 Å². The third-order valence-electron chi connectivity index (χ3n) is 6.14. The number of aliphatic hydroxyl groups excluding tert-OH is 1. The summed E-state index contributed by atoms with van der Waals surface area (Å²) in [7, 11) is -2.95. The van der Waals surface area contributed by atoms with E-state index < -0.39 is 15.9 Å². The number of H-pyrrole nitrogens is 1. The number of sulfone groups is 1. The highest BCUT2D eigenvalue weighted by Crippen LogP contribution is 2.30. The summed E-state index contributed by atoms with van der Waals surface area (Å²) in [5.74, 6) is 0.843. The molecule has 10 heteroatoms. The zero-order valence-corrected chi connectivity index (χ0v) is 19.8.